The maximum Gasteiger partial charge on any atom is 0.433 e. The van der Waals surface area contributed by atoms with Gasteiger partial charge in [-0.2, -0.15) is 18.3 Å². The third-order valence-corrected chi connectivity index (χ3v) is 12.4. The fraction of sp³-hybridized carbons (Fsp3) is 0.452. The number of piperidine rings is 1. The number of benzene rings is 2. The highest BCUT2D eigenvalue weighted by atomic mass is 19.4. The zero-order valence-electron chi connectivity index (χ0n) is 32.3. The molecule has 5 fully saturated rings. The molecule has 4 saturated heterocycles. The Hall–Kier alpha value is -5.32. The van der Waals surface area contributed by atoms with Crippen molar-refractivity contribution in [3.63, 3.8) is 0 Å². The average molecular weight is 798 g/mol. The highest BCUT2D eigenvalue weighted by Gasteiger charge is 2.46. The van der Waals surface area contributed by atoms with E-state index in [2.05, 4.69) is 36.5 Å². The topological polar surface area (TPSA) is 152 Å². The molecule has 0 radical (unpaired) electrons. The summed E-state index contributed by atoms with van der Waals surface area (Å²) < 4.78 is 41.8. The van der Waals surface area contributed by atoms with E-state index in [-0.39, 0.29) is 23.5 Å². The number of hydrogen-bond acceptors (Lipinski definition) is 9. The van der Waals surface area contributed by atoms with Gasteiger partial charge in [0.25, 0.3) is 5.91 Å². The molecule has 4 N–H and O–H groups in total. The monoisotopic (exact) mass is 797 g/mol. The second-order valence-corrected chi connectivity index (χ2v) is 16.7. The third kappa shape index (κ3) is 7.21. The number of aromatic nitrogens is 4. The minimum atomic E-state index is -4.69. The van der Waals surface area contributed by atoms with E-state index in [4.69, 9.17) is 5.10 Å². The van der Waals surface area contributed by atoms with Crippen molar-refractivity contribution in [3.05, 3.63) is 84.1 Å². The largest absolute Gasteiger partial charge is 0.433 e. The van der Waals surface area contributed by atoms with Crippen molar-refractivity contribution in [1.29, 1.82) is 0 Å². The van der Waals surface area contributed by atoms with Gasteiger partial charge in [-0.3, -0.25) is 24.3 Å². The first-order valence-electron chi connectivity index (χ1n) is 19.9. The second kappa shape index (κ2) is 14.5. The Morgan fingerprint density at radius 2 is 1.71 bits per heavy atom. The van der Waals surface area contributed by atoms with Gasteiger partial charge in [0.2, 0.25) is 0 Å². The smallest absolute Gasteiger partial charge is 0.386 e. The first kappa shape index (κ1) is 38.2. The van der Waals surface area contributed by atoms with E-state index in [1.165, 1.54) is 12.5 Å². The summed E-state index contributed by atoms with van der Waals surface area (Å²) in [6, 6.07) is 13.6. The normalized spacial score (nSPS) is 24.2. The summed E-state index contributed by atoms with van der Waals surface area (Å²) in [5.74, 6) is -0.238. The number of alkyl halides is 3. The molecule has 304 valence electrons. The van der Waals surface area contributed by atoms with Crippen molar-refractivity contribution in [2.75, 3.05) is 41.3 Å². The van der Waals surface area contributed by atoms with Crippen LogP contribution in [-0.2, 0) is 11.8 Å². The van der Waals surface area contributed by atoms with E-state index in [1.54, 1.807) is 37.1 Å². The van der Waals surface area contributed by atoms with E-state index in [9.17, 15) is 33.0 Å². The van der Waals surface area contributed by atoms with E-state index in [0.717, 1.165) is 85.0 Å². The predicted molar refractivity (Wildman–Crippen MR) is 213 cm³/mol. The van der Waals surface area contributed by atoms with E-state index in [1.807, 2.05) is 29.2 Å². The lowest BCUT2D eigenvalue weighted by Crippen LogP contribution is -2.69. The number of hydrogen-bond donors (Lipinski definition) is 4. The summed E-state index contributed by atoms with van der Waals surface area (Å²) in [6.07, 6.45) is 5.73. The van der Waals surface area contributed by atoms with Crippen LogP contribution in [0.1, 0.15) is 80.2 Å². The average Bonchev–Trinajstić information content (AvgIpc) is 3.62. The number of anilines is 3. The number of aliphatic hydroxyl groups excluding tert-OH is 1. The first-order chi connectivity index (χ1) is 27.7. The van der Waals surface area contributed by atoms with Gasteiger partial charge >= 0.3 is 12.2 Å². The molecular formula is C42H46F3N9O4. The molecule has 5 aromatic rings. The fourth-order valence-corrected chi connectivity index (χ4v) is 9.40. The summed E-state index contributed by atoms with van der Waals surface area (Å²) in [5.41, 5.74) is 0.282. The van der Waals surface area contributed by atoms with Crippen LogP contribution in [0.3, 0.4) is 0 Å². The van der Waals surface area contributed by atoms with Crippen LogP contribution in [0, 0.1) is 5.92 Å². The van der Waals surface area contributed by atoms with Crippen molar-refractivity contribution >= 4 is 50.7 Å². The van der Waals surface area contributed by atoms with Crippen molar-refractivity contribution < 1.29 is 33.0 Å². The van der Waals surface area contributed by atoms with Crippen molar-refractivity contribution in [2.24, 2.45) is 5.92 Å². The quantitative estimate of drug-likeness (QED) is 0.140. The van der Waals surface area contributed by atoms with Crippen LogP contribution >= 0.6 is 0 Å². The number of fused-ring (bicyclic) bond motifs is 4. The molecule has 3 atom stereocenters. The van der Waals surface area contributed by atoms with Gasteiger partial charge in [0.15, 0.2) is 0 Å². The highest BCUT2D eigenvalue weighted by molar-refractivity contribution is 6.07. The van der Waals surface area contributed by atoms with Gasteiger partial charge in [-0.15, -0.1) is 0 Å². The number of nitrogens with one attached hydrogen (secondary N) is 2. The van der Waals surface area contributed by atoms with Gasteiger partial charge < -0.3 is 25.7 Å². The summed E-state index contributed by atoms with van der Waals surface area (Å²) in [7, 11) is 0. The lowest BCUT2D eigenvalue weighted by Gasteiger charge is -2.58. The second-order valence-electron chi connectivity index (χ2n) is 16.7. The SMILES string of the molecule is CC(C)(O)c1cc2nn(C3CCC(CN4C5CC4CN(c4cccc6c(N7CCC(O)NC7=O)cncc46)C5)CC3)cc2cc1NC(=O)c1cccc(C(F)(F)F)n1. The molecule has 1 aliphatic carbocycles. The van der Waals surface area contributed by atoms with Crippen LogP contribution in [0.15, 0.2) is 67.1 Å². The van der Waals surface area contributed by atoms with Crippen molar-refractivity contribution in [3.8, 4) is 0 Å². The molecule has 13 nitrogen and oxygen atoms in total. The number of carbonyl (C=O) groups excluding carboxylic acids is 2. The Labute approximate surface area is 332 Å². The summed E-state index contributed by atoms with van der Waals surface area (Å²) in [6.45, 7) is 6.50. The van der Waals surface area contributed by atoms with E-state index < -0.39 is 29.6 Å². The zero-order valence-corrected chi connectivity index (χ0v) is 32.3. The Morgan fingerprint density at radius 1 is 0.948 bits per heavy atom. The number of halogens is 3. The van der Waals surface area contributed by atoms with Crippen LogP contribution in [-0.4, -0.2) is 91.3 Å². The minimum Gasteiger partial charge on any atom is -0.386 e. The summed E-state index contributed by atoms with van der Waals surface area (Å²) in [5, 5.41) is 33.8. The fourth-order valence-electron chi connectivity index (χ4n) is 9.40. The van der Waals surface area contributed by atoms with Crippen LogP contribution in [0.4, 0.5) is 35.0 Å². The van der Waals surface area contributed by atoms with Crippen molar-refractivity contribution in [1.82, 2.24) is 30.0 Å². The lowest BCUT2D eigenvalue weighted by molar-refractivity contribution is -0.141. The number of carbonyl (C=O) groups is 2. The summed E-state index contributed by atoms with van der Waals surface area (Å²) >= 11 is 0. The number of amides is 3. The van der Waals surface area contributed by atoms with Gasteiger partial charge in [-0.25, -0.2) is 9.78 Å². The molecule has 4 aliphatic heterocycles. The molecule has 5 aliphatic rings. The van der Waals surface area contributed by atoms with Crippen LogP contribution in [0.25, 0.3) is 21.7 Å². The summed E-state index contributed by atoms with van der Waals surface area (Å²) in [4.78, 5) is 40.7. The Balaban J connectivity index is 0.838. The molecule has 10 rings (SSSR count). The molecule has 3 aromatic heterocycles. The van der Waals surface area contributed by atoms with Gasteiger partial charge in [0.05, 0.1) is 29.0 Å². The Morgan fingerprint density at radius 3 is 2.43 bits per heavy atom. The van der Waals surface area contributed by atoms with Crippen molar-refractivity contribution in [2.45, 2.75) is 88.5 Å². The Bertz CT molecular complexity index is 2380. The van der Waals surface area contributed by atoms with Crippen LogP contribution in [0.5, 0.6) is 0 Å². The lowest BCUT2D eigenvalue weighted by atomic mass is 9.81. The number of aliphatic hydroxyl groups is 2. The van der Waals surface area contributed by atoms with Gasteiger partial charge in [-0.1, -0.05) is 18.2 Å². The highest BCUT2D eigenvalue weighted by Crippen LogP contribution is 2.42. The van der Waals surface area contributed by atoms with Gasteiger partial charge in [0, 0.05) is 90.2 Å². The van der Waals surface area contributed by atoms with E-state index in [0.29, 0.717) is 42.0 Å². The van der Waals surface area contributed by atoms with Gasteiger partial charge in [-0.05, 0) is 82.2 Å². The predicted octanol–water partition coefficient (Wildman–Crippen LogP) is 6.41. The van der Waals surface area contributed by atoms with Crippen LogP contribution in [0.2, 0.25) is 0 Å². The molecule has 3 amide bonds. The molecule has 2 bridgehead atoms. The Kier molecular flexibility index (Phi) is 9.55. The zero-order chi connectivity index (χ0) is 40.5. The molecule has 16 heteroatoms. The molecule has 58 heavy (non-hydrogen) atoms. The minimum absolute atomic E-state index is 0.193. The van der Waals surface area contributed by atoms with Crippen LogP contribution < -0.4 is 20.4 Å². The molecule has 7 heterocycles. The number of urea groups is 1. The maximum atomic E-state index is 13.3. The van der Waals surface area contributed by atoms with Gasteiger partial charge in [0.1, 0.15) is 17.6 Å². The number of rotatable bonds is 8. The standard InChI is InChI=1S/C42H46F3N9O4/c1-41(2,58)31-17-33-25(15-34(31)48-39(56)32-6-4-8-37(47-32)42(43,44)45)21-54(50-33)26-11-9-24(10-12-26)20-53-27-16-28(53)23-51(22-27)35-7-3-5-29-30(35)18-46-19-36(29)52-14-13-38(55)49-40(52)57/h3-8,15,17-19,21,24,26-28,38,55,58H,9-14,16,20,22-23H2,1-2H3,(H,48,56)(H,49,57). The molecule has 1 saturated carbocycles. The number of pyridine rings is 2. The number of piperazine rings is 1. The molecule has 0 spiro atoms. The number of nitrogens with zero attached hydrogens (tertiary/aromatic N) is 7. The molecule has 2 aromatic carbocycles. The third-order valence-electron chi connectivity index (χ3n) is 12.4. The molecular weight excluding hydrogens is 752 g/mol. The first-order valence-corrected chi connectivity index (χ1v) is 19.9. The molecule has 3 unspecified atom stereocenters. The maximum absolute atomic E-state index is 13.3. The van der Waals surface area contributed by atoms with E-state index >= 15 is 0 Å².